The number of piperidine rings is 1. The lowest BCUT2D eigenvalue weighted by Gasteiger charge is -2.38. The number of carbonyl (C=O) groups is 1. The van der Waals surface area contributed by atoms with Gasteiger partial charge in [-0.15, -0.1) is 0 Å². The third kappa shape index (κ3) is 4.16. The van der Waals surface area contributed by atoms with Crippen LogP contribution >= 0.6 is 0 Å². The minimum absolute atomic E-state index is 0.205. The maximum Gasteiger partial charge on any atom is 0.166 e. The van der Waals surface area contributed by atoms with E-state index >= 15 is 0 Å². The zero-order valence-corrected chi connectivity index (χ0v) is 16.4. The van der Waals surface area contributed by atoms with E-state index in [1.54, 1.807) is 0 Å². The number of hydrogen-bond acceptors (Lipinski definition) is 2. The van der Waals surface area contributed by atoms with Crippen molar-refractivity contribution in [3.05, 3.63) is 71.3 Å². The lowest BCUT2D eigenvalue weighted by Crippen LogP contribution is -2.44. The van der Waals surface area contributed by atoms with Gasteiger partial charge < -0.3 is 0 Å². The first-order valence-electron chi connectivity index (χ1n) is 10.7. The van der Waals surface area contributed by atoms with Crippen molar-refractivity contribution >= 4 is 5.78 Å². The number of carbonyl (C=O) groups excluding carboxylic acids is 1. The Bertz CT molecular complexity index is 738. The number of benzene rings is 2. The summed E-state index contributed by atoms with van der Waals surface area (Å²) in [6.07, 6.45) is 8.10. The van der Waals surface area contributed by atoms with Crippen LogP contribution in [0, 0.1) is 5.92 Å². The van der Waals surface area contributed by atoms with Gasteiger partial charge in [-0.1, -0.05) is 67.9 Å². The zero-order chi connectivity index (χ0) is 18.6. The molecule has 2 aliphatic rings. The third-order valence-corrected chi connectivity index (χ3v) is 6.52. The Morgan fingerprint density at radius 2 is 1.59 bits per heavy atom. The van der Waals surface area contributed by atoms with Crippen LogP contribution in [0.1, 0.15) is 66.9 Å². The Kier molecular flexibility index (Phi) is 5.73. The maximum atomic E-state index is 13.1. The first kappa shape index (κ1) is 18.4. The average Bonchev–Trinajstić information content (AvgIpc) is 2.94. The van der Waals surface area contributed by atoms with Crippen LogP contribution in [-0.2, 0) is 13.0 Å². The molecule has 142 valence electrons. The van der Waals surface area contributed by atoms with Gasteiger partial charge in [-0.05, 0) is 49.7 Å². The summed E-state index contributed by atoms with van der Waals surface area (Å²) in [7, 11) is 0. The molecule has 0 aliphatic carbocycles. The van der Waals surface area contributed by atoms with Gasteiger partial charge in [0.25, 0.3) is 0 Å². The molecule has 2 nitrogen and oxygen atoms in total. The van der Waals surface area contributed by atoms with Gasteiger partial charge in [0.1, 0.15) is 0 Å². The molecular formula is C25H31NO. The van der Waals surface area contributed by atoms with Crippen LogP contribution in [0.5, 0.6) is 0 Å². The molecule has 2 saturated heterocycles. The number of rotatable bonds is 7. The van der Waals surface area contributed by atoms with Crippen molar-refractivity contribution in [3.63, 3.8) is 0 Å². The Morgan fingerprint density at radius 3 is 2.22 bits per heavy atom. The molecule has 0 N–H and O–H groups in total. The molecule has 0 saturated carbocycles. The molecule has 0 spiro atoms. The number of aryl methyl sites for hydroxylation is 1. The van der Waals surface area contributed by atoms with E-state index < -0.39 is 0 Å². The molecule has 4 rings (SSSR count). The molecule has 0 radical (unpaired) electrons. The largest absolute Gasteiger partial charge is 0.294 e. The number of fused-ring (bicyclic) bond motifs is 2. The van der Waals surface area contributed by atoms with Crippen LogP contribution in [0.15, 0.2) is 54.6 Å². The highest BCUT2D eigenvalue weighted by Crippen LogP contribution is 2.40. The van der Waals surface area contributed by atoms with Gasteiger partial charge in [0.15, 0.2) is 5.78 Å². The molecule has 2 heterocycles. The lowest BCUT2D eigenvalue weighted by atomic mass is 9.84. The highest BCUT2D eigenvalue weighted by molar-refractivity contribution is 5.98. The fraction of sp³-hybridized carbons (Fsp3) is 0.480. The second-order valence-corrected chi connectivity index (χ2v) is 8.38. The fourth-order valence-corrected chi connectivity index (χ4v) is 4.99. The summed E-state index contributed by atoms with van der Waals surface area (Å²) in [4.78, 5) is 15.8. The van der Waals surface area contributed by atoms with Crippen LogP contribution < -0.4 is 0 Å². The van der Waals surface area contributed by atoms with Crippen molar-refractivity contribution in [3.8, 4) is 0 Å². The van der Waals surface area contributed by atoms with Crippen molar-refractivity contribution in [1.29, 1.82) is 0 Å². The molecule has 2 aromatic rings. The van der Waals surface area contributed by atoms with E-state index in [2.05, 4.69) is 66.4 Å². The van der Waals surface area contributed by atoms with Crippen LogP contribution in [0.4, 0.5) is 0 Å². The molecule has 2 atom stereocenters. The SMILES string of the molecule is CCCCc1ccc(C(=O)C2CC3CCC(C2)N3Cc2ccccc2)cc1. The second kappa shape index (κ2) is 8.39. The third-order valence-electron chi connectivity index (χ3n) is 6.52. The van der Waals surface area contributed by atoms with E-state index in [-0.39, 0.29) is 5.92 Å². The topological polar surface area (TPSA) is 20.3 Å². The molecule has 2 aromatic carbocycles. The Balaban J connectivity index is 1.39. The van der Waals surface area contributed by atoms with Gasteiger partial charge in [-0.3, -0.25) is 9.69 Å². The van der Waals surface area contributed by atoms with Crippen molar-refractivity contribution in [2.24, 2.45) is 5.92 Å². The summed E-state index contributed by atoms with van der Waals surface area (Å²) in [6, 6.07) is 20.3. The fourth-order valence-electron chi connectivity index (χ4n) is 4.99. The highest BCUT2D eigenvalue weighted by atomic mass is 16.1. The number of ketones is 1. The summed E-state index contributed by atoms with van der Waals surface area (Å²) in [5.41, 5.74) is 3.66. The maximum absolute atomic E-state index is 13.1. The van der Waals surface area contributed by atoms with E-state index in [1.807, 2.05) is 0 Å². The van der Waals surface area contributed by atoms with Gasteiger partial charge in [-0.25, -0.2) is 0 Å². The summed E-state index contributed by atoms with van der Waals surface area (Å²) in [5, 5.41) is 0. The van der Waals surface area contributed by atoms with E-state index in [9.17, 15) is 4.79 Å². The quantitative estimate of drug-likeness (QED) is 0.594. The smallest absolute Gasteiger partial charge is 0.166 e. The van der Waals surface area contributed by atoms with Crippen molar-refractivity contribution in [1.82, 2.24) is 4.90 Å². The second-order valence-electron chi connectivity index (χ2n) is 8.38. The molecule has 2 bridgehead atoms. The summed E-state index contributed by atoms with van der Waals surface area (Å²) in [6.45, 7) is 3.25. The highest BCUT2D eigenvalue weighted by Gasteiger charge is 2.42. The van der Waals surface area contributed by atoms with Gasteiger partial charge in [0.05, 0.1) is 0 Å². The zero-order valence-electron chi connectivity index (χ0n) is 16.4. The molecule has 2 aliphatic heterocycles. The van der Waals surface area contributed by atoms with Gasteiger partial charge in [-0.2, -0.15) is 0 Å². The number of nitrogens with zero attached hydrogens (tertiary/aromatic N) is 1. The predicted octanol–water partition coefficient (Wildman–Crippen LogP) is 5.66. The standard InChI is InChI=1S/C25H31NO/c1-2-3-7-19-10-12-21(13-11-19)25(27)22-16-23-14-15-24(17-22)26(23)18-20-8-5-4-6-9-20/h4-6,8-13,22-24H,2-3,7,14-18H2,1H3. The number of Topliss-reactive ketones (excluding diaryl/α,β-unsaturated/α-hetero) is 1. The number of unbranched alkanes of at least 4 members (excludes halogenated alkanes) is 1. The van der Waals surface area contributed by atoms with Gasteiger partial charge in [0.2, 0.25) is 0 Å². The van der Waals surface area contributed by atoms with Crippen LogP contribution in [0.3, 0.4) is 0 Å². The average molecular weight is 362 g/mol. The first-order valence-corrected chi connectivity index (χ1v) is 10.7. The Labute approximate surface area is 163 Å². The van der Waals surface area contributed by atoms with E-state index in [1.165, 1.54) is 36.8 Å². The first-order chi connectivity index (χ1) is 13.2. The van der Waals surface area contributed by atoms with Crippen LogP contribution in [0.25, 0.3) is 0 Å². The van der Waals surface area contributed by atoms with E-state index in [4.69, 9.17) is 0 Å². The van der Waals surface area contributed by atoms with Crippen molar-refractivity contribution in [2.75, 3.05) is 0 Å². The van der Waals surface area contributed by atoms with E-state index in [0.717, 1.165) is 31.4 Å². The molecule has 2 fully saturated rings. The van der Waals surface area contributed by atoms with Gasteiger partial charge in [0, 0.05) is 30.1 Å². The molecular weight excluding hydrogens is 330 g/mol. The Morgan fingerprint density at radius 1 is 0.926 bits per heavy atom. The molecule has 2 heteroatoms. The minimum atomic E-state index is 0.205. The lowest BCUT2D eigenvalue weighted by molar-refractivity contribution is 0.0678. The van der Waals surface area contributed by atoms with E-state index in [0.29, 0.717) is 17.9 Å². The summed E-state index contributed by atoms with van der Waals surface area (Å²) in [5.74, 6) is 0.573. The van der Waals surface area contributed by atoms with Crippen molar-refractivity contribution in [2.45, 2.75) is 70.5 Å². The van der Waals surface area contributed by atoms with Gasteiger partial charge >= 0.3 is 0 Å². The molecule has 27 heavy (non-hydrogen) atoms. The molecule has 0 aromatic heterocycles. The van der Waals surface area contributed by atoms with Crippen LogP contribution in [0.2, 0.25) is 0 Å². The Hall–Kier alpha value is -1.93. The molecule has 0 amide bonds. The van der Waals surface area contributed by atoms with Crippen LogP contribution in [-0.4, -0.2) is 22.8 Å². The summed E-state index contributed by atoms with van der Waals surface area (Å²) >= 11 is 0. The summed E-state index contributed by atoms with van der Waals surface area (Å²) < 4.78 is 0. The minimum Gasteiger partial charge on any atom is -0.294 e. The van der Waals surface area contributed by atoms with Crippen molar-refractivity contribution < 1.29 is 4.79 Å². The predicted molar refractivity (Wildman–Crippen MR) is 111 cm³/mol. The monoisotopic (exact) mass is 361 g/mol. The number of hydrogen-bond donors (Lipinski definition) is 0. The molecule has 2 unspecified atom stereocenters. The normalized spacial score (nSPS) is 24.9.